The Morgan fingerprint density at radius 3 is 2.83 bits per heavy atom. The first-order valence-electron chi connectivity index (χ1n) is 7.89. The molecule has 1 aromatic heterocycles. The van der Waals surface area contributed by atoms with Gasteiger partial charge in [-0.15, -0.1) is 0 Å². The molecule has 0 radical (unpaired) electrons. The lowest BCUT2D eigenvalue weighted by Gasteiger charge is -2.23. The van der Waals surface area contributed by atoms with Crippen LogP contribution in [0.3, 0.4) is 0 Å². The molecule has 1 unspecified atom stereocenters. The molecule has 2 aromatic carbocycles. The summed E-state index contributed by atoms with van der Waals surface area (Å²) in [5.74, 6) is 1.33. The van der Waals surface area contributed by atoms with Crippen molar-refractivity contribution in [1.29, 1.82) is 0 Å². The highest BCUT2D eigenvalue weighted by atomic mass is 16.6. The fraction of sp³-hybridized carbons (Fsp3) is 0.211. The van der Waals surface area contributed by atoms with Gasteiger partial charge in [0.15, 0.2) is 0 Å². The summed E-state index contributed by atoms with van der Waals surface area (Å²) >= 11 is 0. The molecule has 0 fully saturated rings. The normalized spacial score (nSPS) is 16.8. The molecule has 0 aliphatic carbocycles. The van der Waals surface area contributed by atoms with Gasteiger partial charge in [-0.2, -0.15) is 0 Å². The van der Waals surface area contributed by atoms with E-state index in [2.05, 4.69) is 20.9 Å². The van der Waals surface area contributed by atoms with Crippen LogP contribution in [0.2, 0.25) is 0 Å². The number of H-pyrrole nitrogens is 1. The minimum Gasteiger partial charge on any atom is -0.460 e. The maximum Gasteiger partial charge on any atom is 0.227 e. The molecule has 5 nitrogen and oxygen atoms in total. The molecule has 1 aliphatic rings. The van der Waals surface area contributed by atoms with Gasteiger partial charge in [-0.1, -0.05) is 24.3 Å². The summed E-state index contributed by atoms with van der Waals surface area (Å²) in [7, 11) is 4.05. The number of aliphatic hydroxyl groups excluding tert-OH is 1. The van der Waals surface area contributed by atoms with Crippen molar-refractivity contribution in [3.8, 4) is 5.75 Å². The van der Waals surface area contributed by atoms with Crippen molar-refractivity contribution in [3.63, 3.8) is 0 Å². The van der Waals surface area contributed by atoms with Gasteiger partial charge < -0.3 is 19.7 Å². The van der Waals surface area contributed by atoms with Crippen LogP contribution < -0.4 is 4.74 Å². The van der Waals surface area contributed by atoms with Crippen molar-refractivity contribution in [2.45, 2.75) is 12.8 Å². The summed E-state index contributed by atoms with van der Waals surface area (Å²) in [6.07, 6.45) is 0.897. The van der Waals surface area contributed by atoms with Crippen LogP contribution in [-0.4, -0.2) is 40.4 Å². The molecule has 4 rings (SSSR count). The standard InChI is InChI=1S/C19H19N3O2/c1-22(2)11-12-7-8-13-10-14(19(23)24-17(13)9-12)18-20-15-5-3-4-6-16(15)21-18/h3-10,19,23H,11H2,1-2H3,(H,20,21). The highest BCUT2D eigenvalue weighted by molar-refractivity contribution is 5.87. The first-order valence-corrected chi connectivity index (χ1v) is 7.89. The van der Waals surface area contributed by atoms with Gasteiger partial charge in [0.05, 0.1) is 16.6 Å². The Morgan fingerprint density at radius 1 is 1.21 bits per heavy atom. The predicted octanol–water partition coefficient (Wildman–Crippen LogP) is 2.88. The van der Waals surface area contributed by atoms with E-state index in [9.17, 15) is 5.11 Å². The average Bonchev–Trinajstić information content (AvgIpc) is 2.97. The van der Waals surface area contributed by atoms with Gasteiger partial charge in [-0.25, -0.2) is 4.98 Å². The Morgan fingerprint density at radius 2 is 2.04 bits per heavy atom. The number of hydrogen-bond donors (Lipinski definition) is 2. The number of para-hydroxylation sites is 2. The van der Waals surface area contributed by atoms with E-state index in [4.69, 9.17) is 4.74 Å². The van der Waals surface area contributed by atoms with Crippen molar-refractivity contribution < 1.29 is 9.84 Å². The zero-order valence-corrected chi connectivity index (χ0v) is 13.7. The zero-order valence-electron chi connectivity index (χ0n) is 13.7. The summed E-state index contributed by atoms with van der Waals surface area (Å²) in [6, 6.07) is 13.9. The second kappa shape index (κ2) is 5.78. The maximum absolute atomic E-state index is 10.4. The van der Waals surface area contributed by atoms with E-state index >= 15 is 0 Å². The number of rotatable bonds is 3. The van der Waals surface area contributed by atoms with Gasteiger partial charge >= 0.3 is 0 Å². The van der Waals surface area contributed by atoms with Crippen LogP contribution in [0.4, 0.5) is 0 Å². The number of benzene rings is 2. The van der Waals surface area contributed by atoms with Gasteiger partial charge in [0.2, 0.25) is 6.29 Å². The molecule has 0 bridgehead atoms. The molecule has 3 aromatic rings. The van der Waals surface area contributed by atoms with Gasteiger partial charge in [-0.3, -0.25) is 0 Å². The Balaban J connectivity index is 1.73. The quantitative estimate of drug-likeness (QED) is 0.779. The van der Waals surface area contributed by atoms with Crippen molar-refractivity contribution in [2.24, 2.45) is 0 Å². The number of imidazole rings is 1. The Kier molecular flexibility index (Phi) is 3.59. The lowest BCUT2D eigenvalue weighted by Crippen LogP contribution is -2.22. The molecule has 0 spiro atoms. The van der Waals surface area contributed by atoms with Crippen LogP contribution in [-0.2, 0) is 6.54 Å². The summed E-state index contributed by atoms with van der Waals surface area (Å²) in [5, 5.41) is 10.4. The van der Waals surface area contributed by atoms with Crippen molar-refractivity contribution in [3.05, 3.63) is 59.4 Å². The molecular formula is C19H19N3O2. The number of fused-ring (bicyclic) bond motifs is 2. The lowest BCUT2D eigenvalue weighted by molar-refractivity contribution is 0.0315. The van der Waals surface area contributed by atoms with Gasteiger partial charge in [0, 0.05) is 12.1 Å². The monoisotopic (exact) mass is 321 g/mol. The number of aromatic amines is 1. The molecular weight excluding hydrogens is 302 g/mol. The van der Waals surface area contributed by atoms with Crippen molar-refractivity contribution in [2.75, 3.05) is 14.1 Å². The largest absolute Gasteiger partial charge is 0.460 e. The summed E-state index contributed by atoms with van der Waals surface area (Å²) in [6.45, 7) is 0.826. The van der Waals surface area contributed by atoms with Crippen LogP contribution in [0.5, 0.6) is 5.75 Å². The fourth-order valence-electron chi connectivity index (χ4n) is 2.96. The molecule has 1 atom stereocenters. The number of nitrogens with zero attached hydrogens (tertiary/aromatic N) is 2. The van der Waals surface area contributed by atoms with E-state index in [1.807, 2.05) is 56.6 Å². The first-order chi connectivity index (χ1) is 11.6. The minimum atomic E-state index is -1.03. The molecule has 2 N–H and O–H groups in total. The summed E-state index contributed by atoms with van der Waals surface area (Å²) < 4.78 is 5.73. The molecule has 122 valence electrons. The number of hydrogen-bond acceptors (Lipinski definition) is 4. The number of nitrogens with one attached hydrogen (secondary N) is 1. The van der Waals surface area contributed by atoms with Crippen molar-refractivity contribution in [1.82, 2.24) is 14.9 Å². The highest BCUT2D eigenvalue weighted by Gasteiger charge is 2.24. The summed E-state index contributed by atoms with van der Waals surface area (Å²) in [4.78, 5) is 9.88. The van der Waals surface area contributed by atoms with Crippen LogP contribution >= 0.6 is 0 Å². The van der Waals surface area contributed by atoms with Crippen molar-refractivity contribution >= 4 is 22.7 Å². The molecule has 24 heavy (non-hydrogen) atoms. The molecule has 2 heterocycles. The number of aromatic nitrogens is 2. The Hall–Kier alpha value is -2.63. The van der Waals surface area contributed by atoms with Crippen LogP contribution in [0.1, 0.15) is 17.0 Å². The smallest absolute Gasteiger partial charge is 0.227 e. The maximum atomic E-state index is 10.4. The lowest BCUT2D eigenvalue weighted by atomic mass is 10.0. The SMILES string of the molecule is CN(C)Cc1ccc2c(c1)OC(O)C(c1nc3ccccc3[nH]1)=C2. The number of ether oxygens (including phenoxy) is 1. The topological polar surface area (TPSA) is 61.4 Å². The highest BCUT2D eigenvalue weighted by Crippen LogP contribution is 2.34. The second-order valence-corrected chi connectivity index (χ2v) is 6.28. The van der Waals surface area contributed by atoms with E-state index in [-0.39, 0.29) is 0 Å². The predicted molar refractivity (Wildman–Crippen MR) is 94.4 cm³/mol. The van der Waals surface area contributed by atoms with Crippen LogP contribution in [0.25, 0.3) is 22.7 Å². The molecule has 1 aliphatic heterocycles. The first kappa shape index (κ1) is 14.9. The fourth-order valence-corrected chi connectivity index (χ4v) is 2.96. The van der Waals surface area contributed by atoms with E-state index in [1.54, 1.807) is 0 Å². The van der Waals surface area contributed by atoms with E-state index in [0.29, 0.717) is 17.1 Å². The van der Waals surface area contributed by atoms with E-state index < -0.39 is 6.29 Å². The third-order valence-electron chi connectivity index (χ3n) is 4.06. The second-order valence-electron chi connectivity index (χ2n) is 6.28. The Labute approximate surface area is 140 Å². The summed E-state index contributed by atoms with van der Waals surface area (Å²) in [5.41, 5.74) is 4.53. The van der Waals surface area contributed by atoms with Crippen LogP contribution in [0.15, 0.2) is 42.5 Å². The minimum absolute atomic E-state index is 0.631. The van der Waals surface area contributed by atoms with Gasteiger partial charge in [-0.05, 0) is 43.9 Å². The Bertz CT molecular complexity index is 894. The van der Waals surface area contributed by atoms with Crippen LogP contribution in [0, 0.1) is 0 Å². The average molecular weight is 321 g/mol. The van der Waals surface area contributed by atoms with E-state index in [1.165, 1.54) is 0 Å². The van der Waals surface area contributed by atoms with E-state index in [0.717, 1.165) is 28.7 Å². The molecule has 0 saturated heterocycles. The molecule has 0 amide bonds. The number of aliphatic hydroxyl groups is 1. The third kappa shape index (κ3) is 2.68. The van der Waals surface area contributed by atoms with Gasteiger partial charge in [0.1, 0.15) is 11.6 Å². The van der Waals surface area contributed by atoms with Gasteiger partial charge in [0.25, 0.3) is 0 Å². The molecule has 0 saturated carbocycles. The molecule has 5 heteroatoms. The third-order valence-corrected chi connectivity index (χ3v) is 4.06. The zero-order chi connectivity index (χ0) is 16.7.